The highest BCUT2D eigenvalue weighted by atomic mass is 16.5. The molecule has 1 aromatic rings. The summed E-state index contributed by atoms with van der Waals surface area (Å²) in [6.45, 7) is 13.4. The van der Waals surface area contributed by atoms with Crippen LogP contribution in [0, 0.1) is 16.2 Å². The van der Waals surface area contributed by atoms with Crippen LogP contribution in [0.5, 0.6) is 0 Å². The monoisotopic (exact) mass is 431 g/mol. The maximum Gasteiger partial charge on any atom is 0.306 e. The molecule has 1 N–H and O–H groups in total. The molecule has 1 unspecified atom stereocenters. The Morgan fingerprint density at radius 3 is 2.19 bits per heavy atom. The fraction of sp³-hybridized carbons (Fsp3) is 0.640. The number of carbonyl (C=O) groups excluding carboxylic acids is 3. The van der Waals surface area contributed by atoms with Crippen molar-refractivity contribution in [1.29, 1.82) is 0 Å². The van der Waals surface area contributed by atoms with Crippen molar-refractivity contribution in [1.82, 2.24) is 0 Å². The summed E-state index contributed by atoms with van der Waals surface area (Å²) in [6, 6.07) is 7.63. The molecule has 1 aromatic carbocycles. The quantitative estimate of drug-likeness (QED) is 0.668. The Morgan fingerprint density at radius 1 is 1.13 bits per heavy atom. The number of benzene rings is 1. The van der Waals surface area contributed by atoms with E-state index in [-0.39, 0.29) is 29.6 Å². The topological polar surface area (TPSA) is 81.7 Å². The highest BCUT2D eigenvalue weighted by molar-refractivity contribution is 5.94. The maximum absolute atomic E-state index is 13.7. The van der Waals surface area contributed by atoms with Crippen molar-refractivity contribution >= 4 is 23.3 Å². The molecule has 0 spiro atoms. The van der Waals surface area contributed by atoms with Crippen LogP contribution in [0.25, 0.3) is 0 Å². The van der Waals surface area contributed by atoms with Crippen molar-refractivity contribution in [2.75, 3.05) is 12.4 Å². The second-order valence-corrected chi connectivity index (χ2v) is 10.5. The number of carbonyl (C=O) groups is 3. The van der Waals surface area contributed by atoms with Crippen LogP contribution in [-0.2, 0) is 30.3 Å². The SMILES string of the molecule is COC(=O)C[C@@]1(C)C(=O)C(C)(C)[C@@H](C(C)(C)C)OC1CCc1ccc(NC(C)=O)cc1. The Balaban J connectivity index is 2.30. The molecule has 0 radical (unpaired) electrons. The minimum Gasteiger partial charge on any atom is -0.469 e. The Morgan fingerprint density at radius 2 is 1.71 bits per heavy atom. The number of ketones is 1. The van der Waals surface area contributed by atoms with E-state index in [1.165, 1.54) is 14.0 Å². The van der Waals surface area contributed by atoms with Crippen LogP contribution in [0.15, 0.2) is 24.3 Å². The minimum atomic E-state index is -0.964. The summed E-state index contributed by atoms with van der Waals surface area (Å²) in [6.07, 6.45) is 0.597. The summed E-state index contributed by atoms with van der Waals surface area (Å²) in [5.74, 6) is -0.479. The predicted molar refractivity (Wildman–Crippen MR) is 121 cm³/mol. The molecule has 1 aliphatic heterocycles. The predicted octanol–water partition coefficient (Wildman–Crippen LogP) is 4.56. The summed E-state index contributed by atoms with van der Waals surface area (Å²) in [5.41, 5.74) is -0.108. The van der Waals surface area contributed by atoms with E-state index in [1.807, 2.05) is 45.0 Å². The number of methoxy groups -OCH3 is 1. The van der Waals surface area contributed by atoms with Crippen LogP contribution in [0.1, 0.15) is 66.9 Å². The summed E-state index contributed by atoms with van der Waals surface area (Å²) < 4.78 is 11.5. The van der Waals surface area contributed by atoms with E-state index in [9.17, 15) is 14.4 Å². The normalized spacial score (nSPS) is 25.7. The van der Waals surface area contributed by atoms with E-state index in [2.05, 4.69) is 26.1 Å². The minimum absolute atomic E-state index is 0.00520. The Bertz CT molecular complexity index is 821. The molecule has 6 heteroatoms. The molecule has 0 aromatic heterocycles. The molecule has 6 nitrogen and oxygen atoms in total. The maximum atomic E-state index is 13.7. The third kappa shape index (κ3) is 5.53. The summed E-state index contributed by atoms with van der Waals surface area (Å²) in [5, 5.41) is 2.76. The van der Waals surface area contributed by atoms with E-state index < -0.39 is 22.9 Å². The van der Waals surface area contributed by atoms with Crippen LogP contribution in [0.2, 0.25) is 0 Å². The molecular weight excluding hydrogens is 394 g/mol. The first-order valence-corrected chi connectivity index (χ1v) is 10.9. The Hall–Kier alpha value is -2.21. The van der Waals surface area contributed by atoms with Gasteiger partial charge in [-0.3, -0.25) is 14.4 Å². The third-order valence-corrected chi connectivity index (χ3v) is 6.27. The van der Waals surface area contributed by atoms with Crippen molar-refractivity contribution in [2.45, 2.75) is 79.9 Å². The average Bonchev–Trinajstić information content (AvgIpc) is 2.65. The number of aryl methyl sites for hydroxylation is 1. The fourth-order valence-corrected chi connectivity index (χ4v) is 4.98. The number of rotatable bonds is 6. The van der Waals surface area contributed by atoms with E-state index in [0.717, 1.165) is 11.3 Å². The summed E-state index contributed by atoms with van der Waals surface area (Å²) in [4.78, 5) is 37.1. The van der Waals surface area contributed by atoms with Crippen LogP contribution < -0.4 is 5.32 Å². The van der Waals surface area contributed by atoms with Gasteiger partial charge in [0.1, 0.15) is 5.78 Å². The Kier molecular flexibility index (Phi) is 7.36. The van der Waals surface area contributed by atoms with Gasteiger partial charge in [-0.15, -0.1) is 0 Å². The second-order valence-electron chi connectivity index (χ2n) is 10.5. The molecule has 31 heavy (non-hydrogen) atoms. The van der Waals surface area contributed by atoms with E-state index >= 15 is 0 Å². The number of hydrogen-bond acceptors (Lipinski definition) is 5. The van der Waals surface area contributed by atoms with Gasteiger partial charge in [0.05, 0.1) is 36.6 Å². The van der Waals surface area contributed by atoms with Crippen LogP contribution in [0.3, 0.4) is 0 Å². The number of hydrogen-bond donors (Lipinski definition) is 1. The average molecular weight is 432 g/mol. The highest BCUT2D eigenvalue weighted by Gasteiger charge is 2.59. The van der Waals surface area contributed by atoms with Crippen molar-refractivity contribution < 1.29 is 23.9 Å². The molecular formula is C25H37NO5. The van der Waals surface area contributed by atoms with Crippen molar-refractivity contribution in [3.63, 3.8) is 0 Å². The number of ether oxygens (including phenoxy) is 2. The zero-order valence-electron chi connectivity index (χ0n) is 20.1. The molecule has 0 saturated carbocycles. The number of esters is 1. The van der Waals surface area contributed by atoms with E-state index in [4.69, 9.17) is 9.47 Å². The van der Waals surface area contributed by atoms with Crippen LogP contribution >= 0.6 is 0 Å². The zero-order valence-corrected chi connectivity index (χ0v) is 20.1. The smallest absolute Gasteiger partial charge is 0.306 e. The molecule has 1 amide bonds. The van der Waals surface area contributed by atoms with Crippen molar-refractivity contribution in [3.05, 3.63) is 29.8 Å². The number of amides is 1. The molecule has 172 valence electrons. The second kappa shape index (κ2) is 9.11. The molecule has 1 heterocycles. The van der Waals surface area contributed by atoms with Crippen LogP contribution in [-0.4, -0.2) is 37.0 Å². The lowest BCUT2D eigenvalue weighted by molar-refractivity contribution is -0.212. The van der Waals surface area contributed by atoms with Crippen molar-refractivity contribution in [3.8, 4) is 0 Å². The van der Waals surface area contributed by atoms with E-state index in [0.29, 0.717) is 12.8 Å². The molecule has 3 atom stereocenters. The van der Waals surface area contributed by atoms with Gasteiger partial charge in [0.15, 0.2) is 0 Å². The summed E-state index contributed by atoms with van der Waals surface area (Å²) >= 11 is 0. The first kappa shape index (κ1) is 25.1. The van der Waals surface area contributed by atoms with Gasteiger partial charge in [-0.1, -0.05) is 46.8 Å². The number of nitrogens with one attached hydrogen (secondary N) is 1. The molecule has 1 saturated heterocycles. The van der Waals surface area contributed by atoms with Gasteiger partial charge < -0.3 is 14.8 Å². The highest BCUT2D eigenvalue weighted by Crippen LogP contribution is 2.51. The fourth-order valence-electron chi connectivity index (χ4n) is 4.98. The molecule has 1 aliphatic rings. The third-order valence-electron chi connectivity index (χ3n) is 6.27. The van der Waals surface area contributed by atoms with Crippen molar-refractivity contribution in [2.24, 2.45) is 16.2 Å². The largest absolute Gasteiger partial charge is 0.469 e. The molecule has 0 aliphatic carbocycles. The molecule has 0 bridgehead atoms. The summed E-state index contributed by atoms with van der Waals surface area (Å²) in [7, 11) is 1.34. The van der Waals surface area contributed by atoms with Gasteiger partial charge in [-0.05, 0) is 42.9 Å². The first-order chi connectivity index (χ1) is 14.2. The Labute approximate surface area is 186 Å². The number of anilines is 1. The van der Waals surface area contributed by atoms with Gasteiger partial charge in [0, 0.05) is 12.6 Å². The lowest BCUT2D eigenvalue weighted by Crippen LogP contribution is -2.62. The molecule has 2 rings (SSSR count). The van der Waals surface area contributed by atoms with Crippen LogP contribution in [0.4, 0.5) is 5.69 Å². The molecule has 1 fully saturated rings. The zero-order chi connectivity index (χ0) is 23.6. The van der Waals surface area contributed by atoms with Gasteiger partial charge in [-0.2, -0.15) is 0 Å². The van der Waals surface area contributed by atoms with Gasteiger partial charge in [0.25, 0.3) is 0 Å². The van der Waals surface area contributed by atoms with Gasteiger partial charge in [-0.25, -0.2) is 0 Å². The van der Waals surface area contributed by atoms with Gasteiger partial charge in [0.2, 0.25) is 5.91 Å². The first-order valence-electron chi connectivity index (χ1n) is 10.9. The lowest BCUT2D eigenvalue weighted by Gasteiger charge is -2.54. The number of Topliss-reactive ketones (excluding diaryl/α,β-unsaturated/α-hetero) is 1. The standard InChI is InChI=1S/C25H37NO5/c1-16(27)26-18-12-9-17(10-13-18)11-14-19-25(7,15-20(28)30-8)21(29)24(5,6)22(31-19)23(2,3)4/h9-10,12-13,19,22H,11,14-15H2,1-8H3,(H,26,27)/t19?,22-,25-/m1/s1. The lowest BCUT2D eigenvalue weighted by atomic mass is 9.59. The van der Waals surface area contributed by atoms with Gasteiger partial charge >= 0.3 is 5.97 Å². The van der Waals surface area contributed by atoms with E-state index in [1.54, 1.807) is 0 Å².